The monoisotopic (exact) mass is 549 g/mol. The van der Waals surface area contributed by atoms with Crippen LogP contribution in [0.15, 0.2) is 59.5 Å². The molecule has 0 spiro atoms. The van der Waals surface area contributed by atoms with Crippen molar-refractivity contribution < 1.29 is 41.1 Å². The molecule has 0 heterocycles. The Hall–Kier alpha value is -2.51. The van der Waals surface area contributed by atoms with Crippen LogP contribution >= 0.6 is 23.5 Å². The molecule has 0 aliphatic rings. The number of alkyl halides is 3. The summed E-state index contributed by atoms with van der Waals surface area (Å²) in [5, 5.41) is 11.6. The maximum atomic E-state index is 12.6. The lowest BCUT2D eigenvalue weighted by atomic mass is 10.2. The van der Waals surface area contributed by atoms with Crippen LogP contribution in [-0.4, -0.2) is 53.6 Å². The molecular formula is C22H22F3NO6S3. The number of carbonyl (C=O) groups excluding carboxylic acids is 2. The van der Waals surface area contributed by atoms with Gasteiger partial charge < -0.3 is 10.4 Å². The second-order valence-electron chi connectivity index (χ2n) is 7.37. The Labute approximate surface area is 208 Å². The number of hydrogen-bond acceptors (Lipinski definition) is 7. The fourth-order valence-corrected chi connectivity index (χ4v) is 5.24. The van der Waals surface area contributed by atoms with Crippen LogP contribution in [0.25, 0.3) is 0 Å². The minimum absolute atomic E-state index is 0.0352. The van der Waals surface area contributed by atoms with Crippen LogP contribution in [-0.2, 0) is 25.2 Å². The summed E-state index contributed by atoms with van der Waals surface area (Å²) in [7, 11) is -5.44. The van der Waals surface area contributed by atoms with E-state index in [0.717, 1.165) is 35.7 Å². The number of nitrogens with one attached hydrogen (secondary N) is 1. The van der Waals surface area contributed by atoms with Crippen molar-refractivity contribution in [3.8, 4) is 0 Å². The average Bonchev–Trinajstić information content (AvgIpc) is 2.81. The quantitative estimate of drug-likeness (QED) is 0.432. The number of carbonyl (C=O) groups is 3. The van der Waals surface area contributed by atoms with Gasteiger partial charge in [0.1, 0.15) is 6.04 Å². The smallest absolute Gasteiger partial charge is 0.480 e. The summed E-state index contributed by atoms with van der Waals surface area (Å²) in [5.41, 5.74) is -4.43. The van der Waals surface area contributed by atoms with E-state index >= 15 is 0 Å². The minimum atomic E-state index is -5.44. The number of aliphatic carboxylic acids is 1. The molecule has 35 heavy (non-hydrogen) atoms. The number of carboxylic acids is 1. The normalized spacial score (nSPS) is 13.6. The molecule has 2 aromatic carbocycles. The highest BCUT2D eigenvalue weighted by Crippen LogP contribution is 2.30. The van der Waals surface area contributed by atoms with Crippen molar-refractivity contribution in [1.82, 2.24) is 5.32 Å². The van der Waals surface area contributed by atoms with E-state index in [1.165, 1.54) is 12.1 Å². The molecule has 0 fully saturated rings. The summed E-state index contributed by atoms with van der Waals surface area (Å²) in [6.45, 7) is 1.57. The van der Waals surface area contributed by atoms with Gasteiger partial charge in [-0.25, -0.2) is 13.2 Å². The van der Waals surface area contributed by atoms with Gasteiger partial charge in [-0.3, -0.25) is 9.59 Å². The van der Waals surface area contributed by atoms with Crippen LogP contribution in [0.4, 0.5) is 13.2 Å². The molecule has 0 bridgehead atoms. The second kappa shape index (κ2) is 12.5. The third-order valence-electron chi connectivity index (χ3n) is 4.63. The Morgan fingerprint density at radius 1 is 1.00 bits per heavy atom. The maximum Gasteiger partial charge on any atom is 0.501 e. The zero-order valence-corrected chi connectivity index (χ0v) is 20.8. The lowest BCUT2D eigenvalue weighted by Crippen LogP contribution is -2.45. The van der Waals surface area contributed by atoms with E-state index < -0.39 is 44.1 Å². The Bertz CT molecular complexity index is 1140. The third-order valence-corrected chi connectivity index (χ3v) is 8.40. The van der Waals surface area contributed by atoms with E-state index in [1.54, 1.807) is 37.3 Å². The van der Waals surface area contributed by atoms with Crippen molar-refractivity contribution in [1.29, 1.82) is 0 Å². The van der Waals surface area contributed by atoms with Gasteiger partial charge in [-0.1, -0.05) is 61.2 Å². The van der Waals surface area contributed by atoms with Crippen molar-refractivity contribution in [3.63, 3.8) is 0 Å². The largest absolute Gasteiger partial charge is 0.501 e. The van der Waals surface area contributed by atoms with Crippen LogP contribution in [0.5, 0.6) is 0 Å². The lowest BCUT2D eigenvalue weighted by molar-refractivity contribution is -0.141. The molecular weight excluding hydrogens is 527 g/mol. The van der Waals surface area contributed by atoms with Gasteiger partial charge in [0.2, 0.25) is 11.0 Å². The van der Waals surface area contributed by atoms with Crippen molar-refractivity contribution in [2.24, 2.45) is 5.92 Å². The van der Waals surface area contributed by atoms with Gasteiger partial charge in [0.25, 0.3) is 9.84 Å². The predicted octanol–water partition coefficient (Wildman–Crippen LogP) is 3.99. The highest BCUT2D eigenvalue weighted by molar-refractivity contribution is 8.14. The Balaban J connectivity index is 1.85. The average molecular weight is 550 g/mol. The summed E-state index contributed by atoms with van der Waals surface area (Å²) in [6.07, 6.45) is 0. The highest BCUT2D eigenvalue weighted by Gasteiger charge is 2.46. The van der Waals surface area contributed by atoms with Gasteiger partial charge in [0, 0.05) is 28.7 Å². The Kier molecular flexibility index (Phi) is 10.2. The van der Waals surface area contributed by atoms with Gasteiger partial charge in [-0.15, -0.1) is 0 Å². The first-order valence-electron chi connectivity index (χ1n) is 10.1. The fraction of sp³-hybridized carbons (Fsp3) is 0.318. The van der Waals surface area contributed by atoms with E-state index in [-0.39, 0.29) is 22.4 Å². The fourth-order valence-electron chi connectivity index (χ4n) is 2.62. The molecule has 0 aliphatic heterocycles. The van der Waals surface area contributed by atoms with Crippen molar-refractivity contribution in [3.05, 3.63) is 65.7 Å². The number of benzene rings is 2. The zero-order valence-electron chi connectivity index (χ0n) is 18.3. The van der Waals surface area contributed by atoms with Gasteiger partial charge in [-0.05, 0) is 17.7 Å². The first-order valence-corrected chi connectivity index (χ1v) is 13.7. The van der Waals surface area contributed by atoms with Crippen LogP contribution in [0.1, 0.15) is 22.8 Å². The molecule has 13 heteroatoms. The standard InChI is InChI=1S/C22H22F3NO6S3/c1-14(11-34-21(30)16-5-3-2-4-6-16)19(27)26-18(20(28)29)13-33-12-15-7-9-17(10-8-15)35(31,32)22(23,24)25/h2-10,14,18H,11-13H2,1H3,(H,26,27)(H,28,29)/t14-,18+/m1/s1. The second-order valence-corrected chi connectivity index (χ2v) is 11.3. The van der Waals surface area contributed by atoms with Crippen molar-refractivity contribution in [2.45, 2.75) is 29.1 Å². The van der Waals surface area contributed by atoms with Gasteiger partial charge in [0.05, 0.1) is 4.90 Å². The summed E-state index contributed by atoms with van der Waals surface area (Å²) in [5.74, 6) is -2.13. The van der Waals surface area contributed by atoms with E-state index in [2.05, 4.69) is 5.32 Å². The molecule has 1 amide bonds. The van der Waals surface area contributed by atoms with E-state index in [1.807, 2.05) is 0 Å². The Morgan fingerprint density at radius 2 is 1.60 bits per heavy atom. The predicted molar refractivity (Wildman–Crippen MR) is 128 cm³/mol. The van der Waals surface area contributed by atoms with Crippen LogP contribution in [0.3, 0.4) is 0 Å². The summed E-state index contributed by atoms with van der Waals surface area (Å²) in [4.78, 5) is 35.2. The number of thioether (sulfide) groups is 2. The van der Waals surface area contributed by atoms with Crippen LogP contribution < -0.4 is 5.32 Å². The van der Waals surface area contributed by atoms with E-state index in [0.29, 0.717) is 11.1 Å². The molecule has 2 atom stereocenters. The van der Waals surface area contributed by atoms with E-state index in [9.17, 15) is 41.1 Å². The number of halogens is 3. The number of carboxylic acid groups (broad SMARTS) is 1. The molecule has 0 saturated heterocycles. The molecule has 2 rings (SSSR count). The Morgan fingerprint density at radius 3 is 2.14 bits per heavy atom. The lowest BCUT2D eigenvalue weighted by Gasteiger charge is -2.17. The number of sulfone groups is 1. The van der Waals surface area contributed by atoms with Gasteiger partial charge in [-0.2, -0.15) is 24.9 Å². The molecule has 0 unspecified atom stereocenters. The summed E-state index contributed by atoms with van der Waals surface area (Å²) in [6, 6.07) is 11.4. The molecule has 2 aromatic rings. The molecule has 2 N–H and O–H groups in total. The molecule has 0 aliphatic carbocycles. The molecule has 190 valence electrons. The number of amides is 1. The summed E-state index contributed by atoms with van der Waals surface area (Å²) < 4.78 is 60.6. The molecule has 0 saturated carbocycles. The van der Waals surface area contributed by atoms with Crippen LogP contribution in [0.2, 0.25) is 0 Å². The molecule has 0 aromatic heterocycles. The van der Waals surface area contributed by atoms with E-state index in [4.69, 9.17) is 0 Å². The molecule has 0 radical (unpaired) electrons. The zero-order chi connectivity index (χ0) is 26.2. The molecule has 7 nitrogen and oxygen atoms in total. The first kappa shape index (κ1) is 28.7. The SMILES string of the molecule is C[C@H](CSC(=O)c1ccccc1)C(=O)N[C@@H](CSCc1ccc(S(=O)(=O)C(F)(F)F)cc1)C(=O)O. The third kappa shape index (κ3) is 8.29. The maximum absolute atomic E-state index is 12.6. The van der Waals surface area contributed by atoms with Gasteiger partial charge in [0.15, 0.2) is 0 Å². The number of rotatable bonds is 11. The topological polar surface area (TPSA) is 118 Å². The van der Waals surface area contributed by atoms with Crippen molar-refractivity contribution >= 4 is 50.4 Å². The van der Waals surface area contributed by atoms with Crippen molar-refractivity contribution in [2.75, 3.05) is 11.5 Å². The summed E-state index contributed by atoms with van der Waals surface area (Å²) >= 11 is 2.06. The van der Waals surface area contributed by atoms with Gasteiger partial charge >= 0.3 is 11.5 Å². The van der Waals surface area contributed by atoms with Crippen LogP contribution in [0, 0.1) is 5.92 Å². The highest BCUT2D eigenvalue weighted by atomic mass is 32.2. The number of hydrogen-bond donors (Lipinski definition) is 2. The minimum Gasteiger partial charge on any atom is -0.480 e. The first-order chi connectivity index (χ1) is 16.3.